The van der Waals surface area contributed by atoms with Crippen LogP contribution in [0.5, 0.6) is 5.75 Å². The van der Waals surface area contributed by atoms with Crippen molar-refractivity contribution in [1.82, 2.24) is 4.98 Å². The third-order valence-electron chi connectivity index (χ3n) is 4.67. The topological polar surface area (TPSA) is 45.9 Å². The number of nitrogens with zero attached hydrogens (tertiary/aromatic N) is 2. The molecule has 0 fully saturated rings. The summed E-state index contributed by atoms with van der Waals surface area (Å²) in [4.78, 5) is 5.79. The van der Waals surface area contributed by atoms with E-state index in [4.69, 9.17) is 4.74 Å². The van der Waals surface area contributed by atoms with E-state index in [0.717, 1.165) is 28.3 Å². The Morgan fingerprint density at radius 2 is 2.19 bits per heavy atom. The zero-order valence-electron chi connectivity index (χ0n) is 15.5. The van der Waals surface area contributed by atoms with Crippen LogP contribution in [0, 0.1) is 11.3 Å². The fourth-order valence-corrected chi connectivity index (χ4v) is 4.45. The molecule has 3 nitrogen and oxygen atoms in total. The van der Waals surface area contributed by atoms with Crippen molar-refractivity contribution in [3.05, 3.63) is 69.9 Å². The van der Waals surface area contributed by atoms with Crippen molar-refractivity contribution in [2.24, 2.45) is 0 Å². The predicted octanol–water partition coefficient (Wildman–Crippen LogP) is 6.06. The molecule has 2 aromatic rings. The number of thiazole rings is 1. The maximum absolute atomic E-state index is 9.47. The van der Waals surface area contributed by atoms with Crippen LogP contribution in [0.15, 0.2) is 59.5 Å². The van der Waals surface area contributed by atoms with Crippen LogP contribution in [0.1, 0.15) is 43.6 Å². The molecule has 1 aromatic heterocycles. The minimum Gasteiger partial charge on any atom is -0.490 e. The molecule has 4 rings (SSSR count). The fourth-order valence-electron chi connectivity index (χ4n) is 3.48. The van der Waals surface area contributed by atoms with Crippen molar-refractivity contribution in [2.45, 2.75) is 39.2 Å². The van der Waals surface area contributed by atoms with Gasteiger partial charge in [0.25, 0.3) is 0 Å². The second kappa shape index (κ2) is 7.40. The summed E-state index contributed by atoms with van der Waals surface area (Å²) in [5, 5.41) is 10.4. The third-order valence-corrected chi connectivity index (χ3v) is 5.75. The van der Waals surface area contributed by atoms with Crippen LogP contribution in [0.3, 0.4) is 0 Å². The Bertz CT molecular complexity index is 1060. The van der Waals surface area contributed by atoms with Crippen LogP contribution < -0.4 is 4.74 Å². The number of nitriles is 1. The van der Waals surface area contributed by atoms with E-state index in [-0.39, 0.29) is 6.10 Å². The van der Waals surface area contributed by atoms with Gasteiger partial charge in [0.2, 0.25) is 0 Å². The Morgan fingerprint density at radius 3 is 3.00 bits per heavy atom. The summed E-state index contributed by atoms with van der Waals surface area (Å²) in [7, 11) is 0. The lowest BCUT2D eigenvalue weighted by molar-refractivity contribution is 0.242. The Kier molecular flexibility index (Phi) is 4.81. The molecule has 0 atom stereocenters. The third kappa shape index (κ3) is 3.53. The van der Waals surface area contributed by atoms with E-state index in [2.05, 4.69) is 28.9 Å². The van der Waals surface area contributed by atoms with Gasteiger partial charge >= 0.3 is 0 Å². The Hall–Kier alpha value is -2.86. The zero-order valence-corrected chi connectivity index (χ0v) is 16.3. The first-order valence-corrected chi connectivity index (χ1v) is 10.00. The van der Waals surface area contributed by atoms with E-state index < -0.39 is 0 Å². The molecule has 1 aromatic carbocycles. The minimum absolute atomic E-state index is 0.0344. The summed E-state index contributed by atoms with van der Waals surface area (Å²) in [6, 6.07) is 7.94. The fraction of sp³-hybridized carbons (Fsp3) is 0.261. The lowest BCUT2D eigenvalue weighted by atomic mass is 10.0. The first kappa shape index (κ1) is 17.5. The molecule has 0 saturated carbocycles. The van der Waals surface area contributed by atoms with Gasteiger partial charge in [0.1, 0.15) is 16.8 Å². The molecule has 0 amide bonds. The molecule has 27 heavy (non-hydrogen) atoms. The van der Waals surface area contributed by atoms with Gasteiger partial charge in [-0.15, -0.1) is 17.1 Å². The highest BCUT2D eigenvalue weighted by molar-refractivity contribution is 7.16. The number of rotatable bonds is 4. The number of aromatic nitrogens is 1. The maximum atomic E-state index is 9.47. The van der Waals surface area contributed by atoms with E-state index in [9.17, 15) is 5.26 Å². The molecule has 0 bridgehead atoms. The summed E-state index contributed by atoms with van der Waals surface area (Å²) in [5.74, 6) is 0.622. The van der Waals surface area contributed by atoms with Crippen molar-refractivity contribution in [3.8, 4) is 22.4 Å². The molecule has 2 aliphatic rings. The molecule has 0 aliphatic heterocycles. The van der Waals surface area contributed by atoms with Crippen molar-refractivity contribution in [2.75, 3.05) is 0 Å². The van der Waals surface area contributed by atoms with Crippen molar-refractivity contribution >= 4 is 16.9 Å². The van der Waals surface area contributed by atoms with Gasteiger partial charge in [-0.1, -0.05) is 0 Å². The van der Waals surface area contributed by atoms with Crippen LogP contribution in [0.2, 0.25) is 0 Å². The second-order valence-electron chi connectivity index (χ2n) is 6.93. The van der Waals surface area contributed by atoms with Gasteiger partial charge in [0.05, 0.1) is 16.5 Å². The number of hydrogen-bond donors (Lipinski definition) is 0. The molecule has 134 valence electrons. The normalized spacial score (nSPS) is 15.6. The van der Waals surface area contributed by atoms with Crippen LogP contribution in [0.4, 0.5) is 0 Å². The lowest BCUT2D eigenvalue weighted by Crippen LogP contribution is -2.06. The highest BCUT2D eigenvalue weighted by atomic mass is 32.1. The molecule has 0 N–H and O–H groups in total. The first-order valence-electron chi connectivity index (χ1n) is 9.18. The Labute approximate surface area is 163 Å². The van der Waals surface area contributed by atoms with Gasteiger partial charge < -0.3 is 4.74 Å². The van der Waals surface area contributed by atoms with E-state index in [0.29, 0.717) is 11.3 Å². The number of allylic oxidation sites excluding steroid dienone is 5. The zero-order chi connectivity index (χ0) is 18.8. The van der Waals surface area contributed by atoms with E-state index in [1.54, 1.807) is 11.3 Å². The molecular weight excluding hydrogens is 352 g/mol. The molecule has 1 heterocycles. The second-order valence-corrected chi connectivity index (χ2v) is 7.97. The van der Waals surface area contributed by atoms with E-state index in [1.165, 1.54) is 23.1 Å². The van der Waals surface area contributed by atoms with Crippen LogP contribution >= 0.6 is 11.3 Å². The van der Waals surface area contributed by atoms with Gasteiger partial charge in [0.15, 0.2) is 0 Å². The standard InChI is InChI=1S/C23H20N2OS/c1-15(2)26-21-11-10-17(12-18(21)13-24)23-25-14-22(27-23)20-8-4-3-6-16-7-5-9-19(16)20/h4,6,8,10-12,14-15H,5,7,9H2,1-2H3. The molecule has 0 saturated heterocycles. The highest BCUT2D eigenvalue weighted by Gasteiger charge is 2.20. The van der Waals surface area contributed by atoms with Gasteiger partial charge in [-0.3, -0.25) is 0 Å². The molecular formula is C23H20N2OS. The smallest absolute Gasteiger partial charge is 0.137 e. The van der Waals surface area contributed by atoms with Gasteiger partial charge in [-0.2, -0.15) is 5.26 Å². The van der Waals surface area contributed by atoms with Gasteiger partial charge in [0, 0.05) is 11.8 Å². The monoisotopic (exact) mass is 372 g/mol. The summed E-state index contributed by atoms with van der Waals surface area (Å²) < 4.78 is 5.72. The summed E-state index contributed by atoms with van der Waals surface area (Å²) in [6.45, 7) is 3.91. The van der Waals surface area contributed by atoms with Crippen LogP contribution in [-0.4, -0.2) is 11.1 Å². The molecule has 4 heteroatoms. The average Bonchev–Trinajstić information content (AvgIpc) is 3.28. The van der Waals surface area contributed by atoms with Crippen molar-refractivity contribution in [1.29, 1.82) is 5.26 Å². The molecule has 0 unspecified atom stereocenters. The SMILES string of the molecule is CC(C)Oc1ccc(-c2ncc(C3=CC=C=CC4=C3CCC4)s2)cc1C#N. The highest BCUT2D eigenvalue weighted by Crippen LogP contribution is 2.41. The predicted molar refractivity (Wildman–Crippen MR) is 110 cm³/mol. The average molecular weight is 372 g/mol. The Balaban J connectivity index is 1.68. The largest absolute Gasteiger partial charge is 0.490 e. The van der Waals surface area contributed by atoms with Crippen LogP contribution in [0.25, 0.3) is 16.1 Å². The summed E-state index contributed by atoms with van der Waals surface area (Å²) in [5.41, 5.74) is 8.81. The number of hydrogen-bond acceptors (Lipinski definition) is 4. The first-order chi connectivity index (χ1) is 13.2. The molecule has 0 spiro atoms. The minimum atomic E-state index is 0.0344. The molecule has 0 radical (unpaired) electrons. The van der Waals surface area contributed by atoms with E-state index in [1.807, 2.05) is 44.3 Å². The summed E-state index contributed by atoms with van der Waals surface area (Å²) >= 11 is 1.66. The quantitative estimate of drug-likeness (QED) is 0.613. The van der Waals surface area contributed by atoms with Gasteiger partial charge in [-0.05, 0) is 86.3 Å². The summed E-state index contributed by atoms with van der Waals surface area (Å²) in [6.07, 6.45) is 11.7. The van der Waals surface area contributed by atoms with E-state index >= 15 is 0 Å². The molecule has 2 aliphatic carbocycles. The Morgan fingerprint density at radius 1 is 1.30 bits per heavy atom. The van der Waals surface area contributed by atoms with Crippen molar-refractivity contribution in [3.63, 3.8) is 0 Å². The van der Waals surface area contributed by atoms with Crippen LogP contribution in [-0.2, 0) is 0 Å². The number of benzene rings is 1. The van der Waals surface area contributed by atoms with Crippen molar-refractivity contribution < 1.29 is 4.74 Å². The maximum Gasteiger partial charge on any atom is 0.137 e. The lowest BCUT2D eigenvalue weighted by Gasteiger charge is -2.11. The number of ether oxygens (including phenoxy) is 1. The van der Waals surface area contributed by atoms with Gasteiger partial charge in [-0.25, -0.2) is 4.98 Å².